The number of ether oxygens (including phenoxy) is 3. The summed E-state index contributed by atoms with van der Waals surface area (Å²) in [6, 6.07) is 9.69. The number of aliphatic hydroxyl groups is 1. The second kappa shape index (κ2) is 11.7. The number of carbonyl (C=O) groups excluding carboxylic acids is 2. The lowest BCUT2D eigenvalue weighted by atomic mass is 9.94. The predicted octanol–water partition coefficient (Wildman–Crippen LogP) is 5.76. The van der Waals surface area contributed by atoms with Crippen LogP contribution in [0.25, 0.3) is 5.76 Å². The van der Waals surface area contributed by atoms with E-state index < -0.39 is 17.7 Å². The van der Waals surface area contributed by atoms with Crippen LogP contribution in [0.5, 0.6) is 17.2 Å². The summed E-state index contributed by atoms with van der Waals surface area (Å²) < 4.78 is 17.7. The van der Waals surface area contributed by atoms with Gasteiger partial charge in [0.2, 0.25) is 5.13 Å². The smallest absolute Gasteiger partial charge is 0.301 e. The molecule has 210 valence electrons. The summed E-state index contributed by atoms with van der Waals surface area (Å²) in [5.41, 5.74) is 1.93. The Morgan fingerprint density at radius 1 is 1.10 bits per heavy atom. The molecule has 1 amide bonds. The molecule has 0 radical (unpaired) electrons. The first-order valence-electron chi connectivity index (χ1n) is 13.6. The van der Waals surface area contributed by atoms with E-state index in [1.165, 1.54) is 16.2 Å². The van der Waals surface area contributed by atoms with Crippen molar-refractivity contribution in [1.82, 2.24) is 10.2 Å². The Kier molecular flexibility index (Phi) is 8.07. The molecule has 3 heterocycles. The van der Waals surface area contributed by atoms with Crippen LogP contribution < -0.4 is 19.1 Å². The van der Waals surface area contributed by atoms with Crippen molar-refractivity contribution in [3.8, 4) is 17.2 Å². The molecule has 1 N–H and O–H groups in total. The van der Waals surface area contributed by atoms with E-state index in [0.29, 0.717) is 47.3 Å². The number of Topliss-reactive ketones (excluding diaryl/α,β-unsaturated/α-hetero) is 1. The summed E-state index contributed by atoms with van der Waals surface area (Å²) in [6.45, 7) is 8.71. The standard InChI is InChI=1S/C30H33N3O6S/c1-5-7-8-13-38-23-12-9-19(16-24(23)37-6-2)26-25(28(35)29(36)33(26)30-32-31-18(4)40-30)27(34)20-10-11-22-21(15-20)14-17(3)39-22/h9-12,15-17,26,34H,5-8,13-14H2,1-4H3/t17-,26-/m1/s1. The molecule has 9 nitrogen and oxygen atoms in total. The molecule has 10 heteroatoms. The second-order valence-electron chi connectivity index (χ2n) is 9.92. The van der Waals surface area contributed by atoms with E-state index in [0.717, 1.165) is 30.6 Å². The first-order valence-corrected chi connectivity index (χ1v) is 14.4. The Hall–Kier alpha value is -3.92. The molecule has 2 atom stereocenters. The minimum atomic E-state index is -0.941. The molecule has 1 saturated heterocycles. The molecule has 3 aromatic rings. The average molecular weight is 564 g/mol. The van der Waals surface area contributed by atoms with E-state index in [1.54, 1.807) is 37.3 Å². The van der Waals surface area contributed by atoms with Gasteiger partial charge in [0.05, 0.1) is 24.8 Å². The molecule has 0 unspecified atom stereocenters. The van der Waals surface area contributed by atoms with Crippen LogP contribution in [0.1, 0.15) is 67.8 Å². The fourth-order valence-electron chi connectivity index (χ4n) is 5.07. The van der Waals surface area contributed by atoms with E-state index in [-0.39, 0.29) is 22.6 Å². The third kappa shape index (κ3) is 5.28. The van der Waals surface area contributed by atoms with Crippen molar-refractivity contribution in [3.63, 3.8) is 0 Å². The maximum Gasteiger partial charge on any atom is 0.301 e. The van der Waals surface area contributed by atoms with Crippen LogP contribution in [0.4, 0.5) is 5.13 Å². The number of aliphatic hydroxyl groups excluding tert-OH is 1. The lowest BCUT2D eigenvalue weighted by Crippen LogP contribution is -2.29. The number of rotatable bonds is 10. The van der Waals surface area contributed by atoms with Crippen LogP contribution in [-0.4, -0.2) is 46.3 Å². The fraction of sp³-hybridized carbons (Fsp3) is 0.400. The zero-order chi connectivity index (χ0) is 28.4. The number of ketones is 1. The van der Waals surface area contributed by atoms with Crippen molar-refractivity contribution in [2.75, 3.05) is 18.1 Å². The minimum absolute atomic E-state index is 0.0242. The van der Waals surface area contributed by atoms with Crippen molar-refractivity contribution >= 4 is 33.9 Å². The number of hydrogen-bond donors (Lipinski definition) is 1. The summed E-state index contributed by atoms with van der Waals surface area (Å²) in [6.07, 6.45) is 3.78. The van der Waals surface area contributed by atoms with Crippen molar-refractivity contribution < 1.29 is 28.9 Å². The Balaban J connectivity index is 1.62. The topological polar surface area (TPSA) is 111 Å². The quantitative estimate of drug-likeness (QED) is 0.143. The van der Waals surface area contributed by atoms with Crippen LogP contribution in [-0.2, 0) is 16.0 Å². The summed E-state index contributed by atoms with van der Waals surface area (Å²) >= 11 is 1.20. The molecule has 2 aliphatic rings. The predicted molar refractivity (Wildman–Crippen MR) is 152 cm³/mol. The third-order valence-electron chi connectivity index (χ3n) is 6.92. The van der Waals surface area contributed by atoms with Gasteiger partial charge in [-0.3, -0.25) is 14.5 Å². The molecule has 2 aromatic carbocycles. The van der Waals surface area contributed by atoms with Gasteiger partial charge in [-0.1, -0.05) is 37.2 Å². The van der Waals surface area contributed by atoms with Crippen molar-refractivity contribution in [3.05, 3.63) is 63.7 Å². The highest BCUT2D eigenvalue weighted by molar-refractivity contribution is 7.15. The van der Waals surface area contributed by atoms with Crippen LogP contribution in [0.15, 0.2) is 42.0 Å². The second-order valence-corrected chi connectivity index (χ2v) is 11.1. The summed E-state index contributed by atoms with van der Waals surface area (Å²) in [5, 5.41) is 20.7. The van der Waals surface area contributed by atoms with Crippen molar-refractivity contribution in [2.24, 2.45) is 0 Å². The van der Waals surface area contributed by atoms with E-state index >= 15 is 0 Å². The summed E-state index contributed by atoms with van der Waals surface area (Å²) in [4.78, 5) is 28.3. The molecule has 1 fully saturated rings. The number of unbranched alkanes of at least 4 members (excludes halogenated alkanes) is 2. The minimum Gasteiger partial charge on any atom is -0.507 e. The number of benzene rings is 2. The van der Waals surface area contributed by atoms with E-state index in [4.69, 9.17) is 14.2 Å². The van der Waals surface area contributed by atoms with Crippen LogP contribution in [0, 0.1) is 6.92 Å². The number of aromatic nitrogens is 2. The van der Waals surface area contributed by atoms with Crippen LogP contribution in [0.2, 0.25) is 0 Å². The first-order chi connectivity index (χ1) is 19.3. The van der Waals surface area contributed by atoms with Gasteiger partial charge < -0.3 is 19.3 Å². The number of fused-ring (bicyclic) bond motifs is 1. The van der Waals surface area contributed by atoms with Gasteiger partial charge in [-0.05, 0) is 68.7 Å². The zero-order valence-corrected chi connectivity index (χ0v) is 23.9. The van der Waals surface area contributed by atoms with Gasteiger partial charge in [-0.25, -0.2) is 0 Å². The Labute approximate surface area is 237 Å². The number of amides is 1. The monoisotopic (exact) mass is 563 g/mol. The van der Waals surface area contributed by atoms with E-state index in [2.05, 4.69) is 17.1 Å². The van der Waals surface area contributed by atoms with Gasteiger partial charge in [0, 0.05) is 12.0 Å². The number of carbonyl (C=O) groups is 2. The zero-order valence-electron chi connectivity index (χ0n) is 23.1. The highest BCUT2D eigenvalue weighted by Crippen LogP contribution is 2.45. The SMILES string of the molecule is CCCCCOc1ccc([C@@H]2C(=C(O)c3ccc4c(c3)C[C@@H](C)O4)C(=O)C(=O)N2c2nnc(C)s2)cc1OCC. The Morgan fingerprint density at radius 3 is 2.65 bits per heavy atom. The lowest BCUT2D eigenvalue weighted by molar-refractivity contribution is -0.132. The molecule has 0 bridgehead atoms. The molecular formula is C30H33N3O6S. The lowest BCUT2D eigenvalue weighted by Gasteiger charge is -2.23. The third-order valence-corrected chi connectivity index (χ3v) is 7.76. The maximum absolute atomic E-state index is 13.5. The molecule has 0 spiro atoms. The molecule has 0 saturated carbocycles. The average Bonchev–Trinajstić information content (AvgIpc) is 3.61. The van der Waals surface area contributed by atoms with Crippen LogP contribution in [0.3, 0.4) is 0 Å². The maximum atomic E-state index is 13.5. The van der Waals surface area contributed by atoms with E-state index in [1.807, 2.05) is 19.9 Å². The van der Waals surface area contributed by atoms with Gasteiger partial charge in [0.1, 0.15) is 22.6 Å². The normalized spacial score (nSPS) is 19.6. The summed E-state index contributed by atoms with van der Waals surface area (Å²) in [7, 11) is 0. The Bertz CT molecular complexity index is 1470. The number of hydrogen-bond acceptors (Lipinski definition) is 9. The van der Waals surface area contributed by atoms with Crippen molar-refractivity contribution in [2.45, 2.75) is 65.5 Å². The molecule has 40 heavy (non-hydrogen) atoms. The molecule has 2 aliphatic heterocycles. The van der Waals surface area contributed by atoms with Gasteiger partial charge in [-0.15, -0.1) is 10.2 Å². The highest BCUT2D eigenvalue weighted by atomic mass is 32.1. The van der Waals surface area contributed by atoms with Crippen molar-refractivity contribution in [1.29, 1.82) is 0 Å². The first kappa shape index (κ1) is 27.6. The molecular weight excluding hydrogens is 530 g/mol. The van der Waals surface area contributed by atoms with Gasteiger partial charge >= 0.3 is 5.91 Å². The van der Waals surface area contributed by atoms with Gasteiger partial charge in [-0.2, -0.15) is 0 Å². The highest BCUT2D eigenvalue weighted by Gasteiger charge is 2.48. The number of anilines is 1. The number of nitrogens with zero attached hydrogens (tertiary/aromatic N) is 3. The molecule has 5 rings (SSSR count). The largest absolute Gasteiger partial charge is 0.507 e. The molecule has 0 aliphatic carbocycles. The fourth-order valence-corrected chi connectivity index (χ4v) is 5.78. The number of aryl methyl sites for hydroxylation is 1. The van der Waals surface area contributed by atoms with Gasteiger partial charge in [0.15, 0.2) is 11.5 Å². The van der Waals surface area contributed by atoms with Crippen LogP contribution >= 0.6 is 11.3 Å². The summed E-state index contributed by atoms with van der Waals surface area (Å²) in [5.74, 6) is 0.00269. The van der Waals surface area contributed by atoms with Gasteiger partial charge in [0.25, 0.3) is 5.78 Å². The van der Waals surface area contributed by atoms with E-state index in [9.17, 15) is 14.7 Å². The molecule has 1 aromatic heterocycles. The Morgan fingerprint density at radius 2 is 1.93 bits per heavy atom.